The minimum absolute atomic E-state index is 0.0226. The number of esters is 1. The summed E-state index contributed by atoms with van der Waals surface area (Å²) in [5.74, 6) is -10.2. The highest BCUT2D eigenvalue weighted by atomic mass is 19.3. The maximum Gasteiger partial charge on any atom is 0.395 e. The Morgan fingerprint density at radius 1 is 0.889 bits per heavy atom. The lowest BCUT2D eigenvalue weighted by Gasteiger charge is -2.18. The molecule has 36 heavy (non-hydrogen) atoms. The van der Waals surface area contributed by atoms with Gasteiger partial charge in [0.15, 0.2) is 28.9 Å². The summed E-state index contributed by atoms with van der Waals surface area (Å²) in [6.45, 7) is 3.39. The van der Waals surface area contributed by atoms with Gasteiger partial charge in [-0.1, -0.05) is 38.1 Å². The summed E-state index contributed by atoms with van der Waals surface area (Å²) in [5.41, 5.74) is -0.624. The third-order valence-corrected chi connectivity index (χ3v) is 5.13. The van der Waals surface area contributed by atoms with Crippen LogP contribution >= 0.6 is 0 Å². The van der Waals surface area contributed by atoms with E-state index in [0.29, 0.717) is 13.3 Å². The molecule has 0 saturated carbocycles. The van der Waals surface area contributed by atoms with Gasteiger partial charge in [0.05, 0.1) is 12.2 Å². The Morgan fingerprint density at radius 2 is 1.44 bits per heavy atom. The molecule has 0 aliphatic heterocycles. The number of para-hydroxylation sites is 2. The van der Waals surface area contributed by atoms with E-state index in [4.69, 9.17) is 9.47 Å². The minimum Gasteiger partial charge on any atom is -0.487 e. The van der Waals surface area contributed by atoms with E-state index in [0.717, 1.165) is 0 Å². The smallest absolute Gasteiger partial charge is 0.395 e. The maximum absolute atomic E-state index is 14.7. The van der Waals surface area contributed by atoms with Crippen molar-refractivity contribution in [3.8, 4) is 17.2 Å². The van der Waals surface area contributed by atoms with Crippen LogP contribution in [0.4, 0.5) is 26.3 Å². The van der Waals surface area contributed by atoms with Gasteiger partial charge in [0.2, 0.25) is 11.6 Å². The zero-order valence-electron chi connectivity index (χ0n) is 19.5. The van der Waals surface area contributed by atoms with Crippen molar-refractivity contribution in [2.24, 2.45) is 0 Å². The molecule has 0 N–H and O–H groups in total. The molecule has 1 unspecified atom stereocenters. The lowest BCUT2D eigenvalue weighted by atomic mass is 9.91. The third-order valence-electron chi connectivity index (χ3n) is 5.13. The Kier molecular flexibility index (Phi) is 8.17. The Morgan fingerprint density at radius 3 is 1.97 bits per heavy atom. The molecule has 0 amide bonds. The molecule has 0 aliphatic rings. The van der Waals surface area contributed by atoms with Crippen LogP contribution in [0.3, 0.4) is 0 Å². The summed E-state index contributed by atoms with van der Waals surface area (Å²) < 4.78 is 99.0. The number of alkyl halides is 2. The number of rotatable bonds is 9. The van der Waals surface area contributed by atoms with Crippen molar-refractivity contribution in [3.63, 3.8) is 0 Å². The molecule has 1 atom stereocenters. The van der Waals surface area contributed by atoms with E-state index in [-0.39, 0.29) is 29.2 Å². The molecule has 0 fully saturated rings. The van der Waals surface area contributed by atoms with E-state index in [1.165, 1.54) is 55.5 Å². The lowest BCUT2D eigenvalue weighted by molar-refractivity contribution is -0.159. The van der Waals surface area contributed by atoms with Gasteiger partial charge >= 0.3 is 12.1 Å². The van der Waals surface area contributed by atoms with Crippen molar-refractivity contribution in [2.45, 2.75) is 39.2 Å². The van der Waals surface area contributed by atoms with Gasteiger partial charge in [-0.05, 0) is 36.2 Å². The van der Waals surface area contributed by atoms with Crippen LogP contribution in [0.25, 0.3) is 0 Å². The zero-order chi connectivity index (χ0) is 26.6. The number of halogens is 6. The van der Waals surface area contributed by atoms with Crippen LogP contribution in [0.1, 0.15) is 54.6 Å². The van der Waals surface area contributed by atoms with Crippen LogP contribution in [0.15, 0.2) is 48.5 Å². The molecular weight excluding hydrogens is 490 g/mol. The monoisotopic (exact) mass is 512 g/mol. The summed E-state index contributed by atoms with van der Waals surface area (Å²) in [5, 5.41) is 0. The highest BCUT2D eigenvalue weighted by molar-refractivity contribution is 5.91. The van der Waals surface area contributed by atoms with Crippen molar-refractivity contribution < 1.29 is 45.3 Å². The van der Waals surface area contributed by atoms with Crippen molar-refractivity contribution in [1.29, 1.82) is 0 Å². The topological polar surface area (TPSA) is 44.8 Å². The van der Waals surface area contributed by atoms with Crippen LogP contribution < -0.4 is 14.2 Å². The van der Waals surface area contributed by atoms with Crippen molar-refractivity contribution in [2.75, 3.05) is 6.61 Å². The first-order chi connectivity index (χ1) is 16.9. The number of hydrogen-bond acceptors (Lipinski definition) is 4. The first-order valence-corrected chi connectivity index (χ1v) is 10.9. The molecule has 0 spiro atoms. The molecule has 4 nitrogen and oxygen atoms in total. The van der Waals surface area contributed by atoms with Gasteiger partial charge in [-0.3, -0.25) is 0 Å². The minimum atomic E-state index is -3.51. The Balaban J connectivity index is 1.84. The number of carbonyl (C=O) groups is 1. The van der Waals surface area contributed by atoms with Gasteiger partial charge in [-0.25, -0.2) is 13.6 Å². The van der Waals surface area contributed by atoms with E-state index in [9.17, 15) is 31.1 Å². The van der Waals surface area contributed by atoms with E-state index in [2.05, 4.69) is 4.74 Å². The molecule has 10 heteroatoms. The summed E-state index contributed by atoms with van der Waals surface area (Å²) in [6, 6.07) is 10.5. The summed E-state index contributed by atoms with van der Waals surface area (Å²) >= 11 is 0. The second kappa shape index (κ2) is 10.9. The SMILES string of the molecule is CCCOc1c(F)c(F)c(C(C)c2ccc(C(=O)Oc3ccccc3OC(C)(F)F)cc2)c(F)c1F. The largest absolute Gasteiger partial charge is 0.487 e. The number of ether oxygens (including phenoxy) is 3. The quantitative estimate of drug-likeness (QED) is 0.130. The molecule has 0 aliphatic carbocycles. The van der Waals surface area contributed by atoms with Crippen LogP contribution in [0.5, 0.6) is 17.2 Å². The van der Waals surface area contributed by atoms with Gasteiger partial charge in [0.25, 0.3) is 0 Å². The fourth-order valence-corrected chi connectivity index (χ4v) is 3.38. The molecule has 3 aromatic carbocycles. The summed E-state index contributed by atoms with van der Waals surface area (Å²) in [6.07, 6.45) is -3.14. The van der Waals surface area contributed by atoms with E-state index < -0.39 is 52.6 Å². The first kappa shape index (κ1) is 26.9. The van der Waals surface area contributed by atoms with E-state index >= 15 is 0 Å². The summed E-state index contributed by atoms with van der Waals surface area (Å²) in [7, 11) is 0. The average Bonchev–Trinajstić information content (AvgIpc) is 2.83. The number of carbonyl (C=O) groups excluding carboxylic acids is 1. The molecule has 192 valence electrons. The van der Waals surface area contributed by atoms with Gasteiger partial charge in [-0.15, -0.1) is 0 Å². The van der Waals surface area contributed by atoms with Crippen molar-refractivity contribution >= 4 is 5.97 Å². The van der Waals surface area contributed by atoms with Crippen LogP contribution in [-0.2, 0) is 0 Å². The zero-order valence-corrected chi connectivity index (χ0v) is 19.5. The van der Waals surface area contributed by atoms with Gasteiger partial charge in [-0.2, -0.15) is 17.6 Å². The Bertz CT molecular complexity index is 1210. The third kappa shape index (κ3) is 5.92. The highest BCUT2D eigenvalue weighted by Crippen LogP contribution is 2.37. The van der Waals surface area contributed by atoms with Crippen molar-refractivity contribution in [1.82, 2.24) is 0 Å². The van der Waals surface area contributed by atoms with E-state index in [1.54, 1.807) is 6.92 Å². The molecule has 0 bridgehead atoms. The molecule has 0 saturated heterocycles. The van der Waals surface area contributed by atoms with Crippen LogP contribution in [0.2, 0.25) is 0 Å². The fourth-order valence-electron chi connectivity index (χ4n) is 3.38. The number of benzene rings is 3. The normalized spacial score (nSPS) is 12.2. The Labute approximate surface area is 203 Å². The first-order valence-electron chi connectivity index (χ1n) is 10.9. The highest BCUT2D eigenvalue weighted by Gasteiger charge is 2.30. The Hall–Kier alpha value is -3.69. The van der Waals surface area contributed by atoms with Gasteiger partial charge < -0.3 is 14.2 Å². The summed E-state index contributed by atoms with van der Waals surface area (Å²) in [4.78, 5) is 12.5. The second-order valence-electron chi connectivity index (χ2n) is 7.94. The maximum atomic E-state index is 14.7. The van der Waals surface area contributed by atoms with Gasteiger partial charge in [0.1, 0.15) is 0 Å². The molecule has 0 radical (unpaired) electrons. The molecular formula is C26H22F6O4. The predicted octanol–water partition coefficient (Wildman–Crippen LogP) is 7.39. The average molecular weight is 512 g/mol. The number of hydrogen-bond donors (Lipinski definition) is 0. The second-order valence-corrected chi connectivity index (χ2v) is 7.94. The standard InChI is InChI=1S/C26H22F6O4/c1-4-13-34-24-22(29)20(27)19(21(28)23(24)30)14(2)15-9-11-16(12-10-15)25(33)35-17-7-5-6-8-18(17)36-26(3,31)32/h5-12,14H,4,13H2,1-3H3. The molecule has 0 aromatic heterocycles. The van der Waals surface area contributed by atoms with Crippen molar-refractivity contribution in [3.05, 3.63) is 88.5 Å². The predicted molar refractivity (Wildman–Crippen MR) is 119 cm³/mol. The van der Waals surface area contributed by atoms with Crippen LogP contribution in [0, 0.1) is 23.3 Å². The fraction of sp³-hybridized carbons (Fsp3) is 0.269. The van der Waals surface area contributed by atoms with Gasteiger partial charge in [0, 0.05) is 18.4 Å². The molecule has 3 rings (SSSR count). The van der Waals surface area contributed by atoms with E-state index in [1.807, 2.05) is 0 Å². The molecule has 3 aromatic rings. The van der Waals surface area contributed by atoms with Crippen LogP contribution in [-0.4, -0.2) is 18.7 Å². The lowest BCUT2D eigenvalue weighted by Crippen LogP contribution is -2.20. The molecule has 0 heterocycles.